The maximum Gasteiger partial charge on any atom is 0.124 e. The lowest BCUT2D eigenvalue weighted by molar-refractivity contribution is -0.111. The van der Waals surface area contributed by atoms with Crippen molar-refractivity contribution in [2.45, 2.75) is 6.42 Å². The third-order valence-corrected chi connectivity index (χ3v) is 1.77. The van der Waals surface area contributed by atoms with Gasteiger partial charge in [-0.05, 0) is 13.0 Å². The molecular weight excluding hydrogens is 128 g/mol. The molecule has 1 saturated heterocycles. The van der Waals surface area contributed by atoms with Crippen LogP contribution in [0.5, 0.6) is 0 Å². The molecule has 1 fully saturated rings. The minimum Gasteiger partial charge on any atom is -0.315 e. The Morgan fingerprint density at radius 3 is 2.80 bits per heavy atom. The van der Waals surface area contributed by atoms with Gasteiger partial charge in [-0.1, -0.05) is 0 Å². The topological polar surface area (TPSA) is 41.1 Å². The lowest BCUT2D eigenvalue weighted by atomic mass is 10.1. The van der Waals surface area contributed by atoms with E-state index in [0.29, 0.717) is 0 Å². The monoisotopic (exact) mass is 142 g/mol. The van der Waals surface area contributed by atoms with E-state index >= 15 is 0 Å². The summed E-state index contributed by atoms with van der Waals surface area (Å²) >= 11 is 0. The largest absolute Gasteiger partial charge is 0.315 e. The van der Waals surface area contributed by atoms with Crippen LogP contribution in [0, 0.1) is 5.92 Å². The minimum absolute atomic E-state index is 0.216. The maximum atomic E-state index is 10.4. The van der Waals surface area contributed by atoms with Crippen LogP contribution in [-0.2, 0) is 4.79 Å². The summed E-state index contributed by atoms with van der Waals surface area (Å²) in [5.74, 6) is 0.216. The van der Waals surface area contributed by atoms with Crippen LogP contribution in [0.3, 0.4) is 0 Å². The first kappa shape index (κ1) is 7.69. The highest BCUT2D eigenvalue weighted by atomic mass is 16.1. The van der Waals surface area contributed by atoms with Crippen LogP contribution in [0.15, 0.2) is 0 Å². The van der Waals surface area contributed by atoms with Gasteiger partial charge in [-0.2, -0.15) is 0 Å². The molecule has 2 N–H and O–H groups in total. The Balaban J connectivity index is 2.22. The van der Waals surface area contributed by atoms with Gasteiger partial charge in [0.1, 0.15) is 6.29 Å². The summed E-state index contributed by atoms with van der Waals surface area (Å²) in [5, 5.41) is 6.42. The fourth-order valence-corrected chi connectivity index (χ4v) is 1.09. The molecule has 1 heterocycles. The van der Waals surface area contributed by atoms with E-state index in [-0.39, 0.29) is 5.92 Å². The van der Waals surface area contributed by atoms with Crippen molar-refractivity contribution >= 4 is 6.29 Å². The second-order valence-electron chi connectivity index (χ2n) is 2.64. The molecule has 0 saturated carbocycles. The zero-order valence-electron chi connectivity index (χ0n) is 6.10. The highest BCUT2D eigenvalue weighted by Gasteiger charge is 2.07. The number of hydrogen-bond acceptors (Lipinski definition) is 3. The summed E-state index contributed by atoms with van der Waals surface area (Å²) in [7, 11) is 0. The van der Waals surface area contributed by atoms with Crippen molar-refractivity contribution in [1.29, 1.82) is 0 Å². The molecule has 0 spiro atoms. The summed E-state index contributed by atoms with van der Waals surface area (Å²) in [4.78, 5) is 10.4. The van der Waals surface area contributed by atoms with Crippen LogP contribution in [0.25, 0.3) is 0 Å². The van der Waals surface area contributed by atoms with Gasteiger partial charge in [-0.15, -0.1) is 0 Å². The number of nitrogens with one attached hydrogen (secondary N) is 2. The molecule has 58 valence electrons. The van der Waals surface area contributed by atoms with Gasteiger partial charge in [-0.3, -0.25) is 0 Å². The number of aldehydes is 1. The van der Waals surface area contributed by atoms with Gasteiger partial charge in [0.15, 0.2) is 0 Å². The summed E-state index contributed by atoms with van der Waals surface area (Å²) in [5.41, 5.74) is 0. The first-order valence-corrected chi connectivity index (χ1v) is 3.80. The Morgan fingerprint density at radius 2 is 2.00 bits per heavy atom. The standard InChI is InChI=1S/C7H14N2O/c10-6-7-1-2-8-3-4-9-5-7/h6-9H,1-5H2. The van der Waals surface area contributed by atoms with E-state index < -0.39 is 0 Å². The van der Waals surface area contributed by atoms with Crippen molar-refractivity contribution in [2.24, 2.45) is 5.92 Å². The molecule has 1 aliphatic rings. The van der Waals surface area contributed by atoms with Crippen molar-refractivity contribution in [2.75, 3.05) is 26.2 Å². The van der Waals surface area contributed by atoms with Gasteiger partial charge in [0.05, 0.1) is 0 Å². The molecule has 1 atom stereocenters. The van der Waals surface area contributed by atoms with Gasteiger partial charge >= 0.3 is 0 Å². The van der Waals surface area contributed by atoms with Crippen LogP contribution >= 0.6 is 0 Å². The number of rotatable bonds is 1. The molecule has 0 aromatic heterocycles. The minimum atomic E-state index is 0.216. The van der Waals surface area contributed by atoms with Gasteiger partial charge in [0.2, 0.25) is 0 Å². The summed E-state index contributed by atoms with van der Waals surface area (Å²) < 4.78 is 0. The van der Waals surface area contributed by atoms with E-state index in [1.807, 2.05) is 0 Å². The van der Waals surface area contributed by atoms with Crippen molar-refractivity contribution in [1.82, 2.24) is 10.6 Å². The number of hydrogen-bond donors (Lipinski definition) is 2. The second kappa shape index (κ2) is 4.41. The quantitative estimate of drug-likeness (QED) is 0.480. The fraction of sp³-hybridized carbons (Fsp3) is 0.857. The van der Waals surface area contributed by atoms with Crippen molar-refractivity contribution in [3.63, 3.8) is 0 Å². The smallest absolute Gasteiger partial charge is 0.124 e. The van der Waals surface area contributed by atoms with Crippen LogP contribution < -0.4 is 10.6 Å². The van der Waals surface area contributed by atoms with Crippen molar-refractivity contribution in [3.8, 4) is 0 Å². The van der Waals surface area contributed by atoms with Gasteiger partial charge in [0, 0.05) is 25.6 Å². The van der Waals surface area contributed by atoms with E-state index in [0.717, 1.165) is 38.9 Å². The average molecular weight is 142 g/mol. The molecule has 1 aliphatic heterocycles. The van der Waals surface area contributed by atoms with Gasteiger partial charge in [-0.25, -0.2) is 0 Å². The molecule has 1 rings (SSSR count). The van der Waals surface area contributed by atoms with Crippen LogP contribution in [-0.4, -0.2) is 32.5 Å². The molecule has 10 heavy (non-hydrogen) atoms. The molecule has 0 radical (unpaired) electrons. The highest BCUT2D eigenvalue weighted by Crippen LogP contribution is 1.96. The van der Waals surface area contributed by atoms with E-state index in [2.05, 4.69) is 10.6 Å². The predicted molar refractivity (Wildman–Crippen MR) is 39.9 cm³/mol. The Hall–Kier alpha value is -0.410. The first-order valence-electron chi connectivity index (χ1n) is 3.80. The molecule has 0 aromatic carbocycles. The Kier molecular flexibility index (Phi) is 3.40. The van der Waals surface area contributed by atoms with E-state index in [9.17, 15) is 4.79 Å². The van der Waals surface area contributed by atoms with E-state index in [1.54, 1.807) is 0 Å². The van der Waals surface area contributed by atoms with Crippen molar-refractivity contribution in [3.05, 3.63) is 0 Å². The van der Waals surface area contributed by atoms with E-state index in [4.69, 9.17) is 0 Å². The Bertz CT molecular complexity index is 97.8. The van der Waals surface area contributed by atoms with Gasteiger partial charge < -0.3 is 15.4 Å². The molecule has 1 unspecified atom stereocenters. The molecule has 0 aromatic rings. The normalized spacial score (nSPS) is 28.6. The van der Waals surface area contributed by atoms with Crippen molar-refractivity contribution < 1.29 is 4.79 Å². The summed E-state index contributed by atoms with van der Waals surface area (Å²) in [6.45, 7) is 3.83. The SMILES string of the molecule is O=CC1CCNCCNC1. The molecule has 3 heteroatoms. The van der Waals surface area contributed by atoms with Crippen LogP contribution in [0.1, 0.15) is 6.42 Å². The Morgan fingerprint density at radius 1 is 1.20 bits per heavy atom. The molecule has 0 aliphatic carbocycles. The third kappa shape index (κ3) is 2.45. The molecule has 3 nitrogen and oxygen atoms in total. The number of carbonyl (C=O) groups excluding carboxylic acids is 1. The predicted octanol–water partition coefficient (Wildman–Crippen LogP) is -0.616. The first-order chi connectivity index (χ1) is 4.93. The summed E-state index contributed by atoms with van der Waals surface area (Å²) in [6.07, 6.45) is 2.01. The second-order valence-corrected chi connectivity index (χ2v) is 2.64. The molecule has 0 bridgehead atoms. The Labute approximate surface area is 61.2 Å². The third-order valence-electron chi connectivity index (χ3n) is 1.77. The lowest BCUT2D eigenvalue weighted by Gasteiger charge is -2.15. The zero-order chi connectivity index (χ0) is 7.23. The fourth-order valence-electron chi connectivity index (χ4n) is 1.09. The highest BCUT2D eigenvalue weighted by molar-refractivity contribution is 5.53. The average Bonchev–Trinajstić information content (AvgIpc) is 1.87. The molecule has 0 amide bonds. The number of carbonyl (C=O) groups is 1. The molecular formula is C7H14N2O. The van der Waals surface area contributed by atoms with E-state index in [1.165, 1.54) is 0 Å². The van der Waals surface area contributed by atoms with Crippen LogP contribution in [0.2, 0.25) is 0 Å². The van der Waals surface area contributed by atoms with Crippen LogP contribution in [0.4, 0.5) is 0 Å². The zero-order valence-corrected chi connectivity index (χ0v) is 6.10. The maximum absolute atomic E-state index is 10.4. The lowest BCUT2D eigenvalue weighted by Crippen LogP contribution is -2.36. The van der Waals surface area contributed by atoms with Gasteiger partial charge in [0.25, 0.3) is 0 Å². The summed E-state index contributed by atoms with van der Waals surface area (Å²) in [6, 6.07) is 0.